The highest BCUT2D eigenvalue weighted by molar-refractivity contribution is 6.74. The van der Waals surface area contributed by atoms with Crippen molar-refractivity contribution in [1.82, 2.24) is 0 Å². The van der Waals surface area contributed by atoms with E-state index in [4.69, 9.17) is 4.43 Å². The lowest BCUT2D eigenvalue weighted by Crippen LogP contribution is -2.44. The average molecular weight is 307 g/mol. The summed E-state index contributed by atoms with van der Waals surface area (Å²) in [5.41, 5.74) is 1.03. The summed E-state index contributed by atoms with van der Waals surface area (Å²) in [6.45, 7) is 16.8. The minimum atomic E-state index is -1.97. The van der Waals surface area contributed by atoms with Crippen LogP contribution in [0.3, 0.4) is 0 Å². The van der Waals surface area contributed by atoms with E-state index in [1.807, 2.05) is 37.3 Å². The third-order valence-electron chi connectivity index (χ3n) is 4.58. The van der Waals surface area contributed by atoms with Crippen molar-refractivity contribution in [3.8, 4) is 0 Å². The molecule has 0 aliphatic rings. The van der Waals surface area contributed by atoms with E-state index in [-0.39, 0.29) is 17.1 Å². The first-order valence-electron chi connectivity index (χ1n) is 7.63. The van der Waals surface area contributed by atoms with E-state index in [0.717, 1.165) is 5.56 Å². The third kappa shape index (κ3) is 4.53. The maximum Gasteiger partial charge on any atom is 0.193 e. The van der Waals surface area contributed by atoms with Gasteiger partial charge in [0.25, 0.3) is 0 Å². The Hall–Kier alpha value is -0.903. The molecule has 0 saturated carbocycles. The first-order chi connectivity index (χ1) is 9.60. The molecule has 0 bridgehead atoms. The second-order valence-corrected chi connectivity index (χ2v) is 12.1. The predicted octanol–water partition coefficient (Wildman–Crippen LogP) is 4.93. The van der Waals surface area contributed by atoms with Crippen molar-refractivity contribution in [2.45, 2.75) is 58.0 Å². The molecule has 0 unspecified atom stereocenters. The van der Waals surface area contributed by atoms with Gasteiger partial charge in [-0.2, -0.15) is 0 Å². The van der Waals surface area contributed by atoms with Crippen molar-refractivity contribution in [3.05, 3.63) is 48.6 Å². The summed E-state index contributed by atoms with van der Waals surface area (Å²) < 4.78 is 6.51. The van der Waals surface area contributed by atoms with E-state index in [2.05, 4.69) is 40.4 Å². The maximum absolute atomic E-state index is 10.7. The van der Waals surface area contributed by atoms with Gasteiger partial charge in [-0.25, -0.2) is 0 Å². The van der Waals surface area contributed by atoms with Crippen molar-refractivity contribution in [2.75, 3.05) is 0 Å². The van der Waals surface area contributed by atoms with Crippen molar-refractivity contribution >= 4 is 8.32 Å². The lowest BCUT2D eigenvalue weighted by atomic mass is 9.95. The van der Waals surface area contributed by atoms with Crippen LogP contribution in [0.1, 0.15) is 39.4 Å². The van der Waals surface area contributed by atoms with Gasteiger partial charge in [-0.15, -0.1) is 6.58 Å². The third-order valence-corrected chi connectivity index (χ3v) is 9.03. The normalized spacial score (nSPS) is 17.1. The Bertz CT molecular complexity index is 448. The first kappa shape index (κ1) is 18.1. The van der Waals surface area contributed by atoms with E-state index >= 15 is 0 Å². The van der Waals surface area contributed by atoms with E-state index in [0.29, 0.717) is 0 Å². The van der Waals surface area contributed by atoms with Crippen LogP contribution in [0.4, 0.5) is 0 Å². The average Bonchev–Trinajstić information content (AvgIpc) is 2.43. The van der Waals surface area contributed by atoms with E-state index < -0.39 is 14.4 Å². The van der Waals surface area contributed by atoms with Crippen LogP contribution in [-0.4, -0.2) is 19.5 Å². The molecule has 2 nitrogen and oxygen atoms in total. The standard InChI is InChI=1S/C18H30O2Si/c1-8-14(2)16(19)17(15-12-10-9-11-13-15)20-21(6,7)18(3,4)5/h8-14,16-17,19H,1H2,2-7H3/t14-,16+,17-/m1/s1. The minimum absolute atomic E-state index is 0.0139. The van der Waals surface area contributed by atoms with Crippen LogP contribution in [0.2, 0.25) is 18.1 Å². The number of aliphatic hydroxyl groups excluding tert-OH is 1. The highest BCUT2D eigenvalue weighted by Gasteiger charge is 2.41. The van der Waals surface area contributed by atoms with E-state index in [1.54, 1.807) is 6.08 Å². The van der Waals surface area contributed by atoms with E-state index in [1.165, 1.54) is 0 Å². The summed E-state index contributed by atoms with van der Waals surface area (Å²) in [5, 5.41) is 10.8. The number of hydrogen-bond donors (Lipinski definition) is 1. The van der Waals surface area contributed by atoms with Crippen LogP contribution in [0.25, 0.3) is 0 Å². The van der Waals surface area contributed by atoms with Gasteiger partial charge >= 0.3 is 0 Å². The fraction of sp³-hybridized carbons (Fsp3) is 0.556. The summed E-state index contributed by atoms with van der Waals surface area (Å²) in [7, 11) is -1.97. The van der Waals surface area contributed by atoms with Crippen LogP contribution in [0.5, 0.6) is 0 Å². The van der Waals surface area contributed by atoms with Crippen LogP contribution >= 0.6 is 0 Å². The second-order valence-electron chi connectivity index (χ2n) is 7.29. The van der Waals surface area contributed by atoms with Crippen molar-refractivity contribution < 1.29 is 9.53 Å². The second kappa shape index (κ2) is 6.90. The molecule has 0 spiro atoms. The smallest absolute Gasteiger partial charge is 0.193 e. The van der Waals surface area contributed by atoms with Gasteiger partial charge in [0.15, 0.2) is 8.32 Å². The molecule has 0 radical (unpaired) electrons. The van der Waals surface area contributed by atoms with Gasteiger partial charge in [-0.05, 0) is 23.7 Å². The zero-order valence-corrected chi connectivity index (χ0v) is 15.3. The fourth-order valence-corrected chi connectivity index (χ4v) is 3.15. The predicted molar refractivity (Wildman–Crippen MR) is 92.8 cm³/mol. The molecule has 118 valence electrons. The number of hydrogen-bond acceptors (Lipinski definition) is 2. The molecule has 0 aliphatic carbocycles. The molecule has 0 amide bonds. The zero-order chi connectivity index (χ0) is 16.3. The molecule has 1 aromatic carbocycles. The molecule has 1 aromatic rings. The van der Waals surface area contributed by atoms with Crippen LogP contribution in [-0.2, 0) is 4.43 Å². The minimum Gasteiger partial charge on any atom is -0.407 e. The Morgan fingerprint density at radius 3 is 2.14 bits per heavy atom. The molecule has 3 atom stereocenters. The SMILES string of the molecule is C=C[C@@H](C)[C@H](O)[C@H](O[Si](C)(C)C(C)(C)C)c1ccccc1. The molecule has 1 N–H and O–H groups in total. The summed E-state index contributed by atoms with van der Waals surface area (Å²) in [4.78, 5) is 0. The van der Waals surface area contributed by atoms with Gasteiger partial charge < -0.3 is 9.53 Å². The number of rotatable bonds is 6. The molecule has 0 fully saturated rings. The van der Waals surface area contributed by atoms with Crippen LogP contribution in [0, 0.1) is 5.92 Å². The van der Waals surface area contributed by atoms with Crippen molar-refractivity contribution in [3.63, 3.8) is 0 Å². The summed E-state index contributed by atoms with van der Waals surface area (Å²) in [5.74, 6) is -0.0139. The van der Waals surface area contributed by atoms with Gasteiger partial charge in [-0.1, -0.05) is 64.1 Å². The van der Waals surface area contributed by atoms with Gasteiger partial charge in [0.05, 0.1) is 12.2 Å². The molecular formula is C18H30O2Si. The van der Waals surface area contributed by atoms with Crippen LogP contribution < -0.4 is 0 Å². The van der Waals surface area contributed by atoms with Crippen molar-refractivity contribution in [1.29, 1.82) is 0 Å². The fourth-order valence-electron chi connectivity index (χ4n) is 1.89. The Labute approximate surface area is 131 Å². The lowest BCUT2D eigenvalue weighted by molar-refractivity contribution is 0.00506. The monoisotopic (exact) mass is 306 g/mol. The molecule has 0 aromatic heterocycles. The molecule has 0 heterocycles. The van der Waals surface area contributed by atoms with Gasteiger partial charge in [0.2, 0.25) is 0 Å². The Balaban J connectivity index is 3.12. The zero-order valence-electron chi connectivity index (χ0n) is 14.3. The lowest BCUT2D eigenvalue weighted by Gasteiger charge is -2.41. The number of benzene rings is 1. The largest absolute Gasteiger partial charge is 0.407 e. The van der Waals surface area contributed by atoms with Gasteiger partial charge in [0, 0.05) is 5.92 Å². The quantitative estimate of drug-likeness (QED) is 0.596. The molecule has 1 rings (SSSR count). The molecular weight excluding hydrogens is 276 g/mol. The highest BCUT2D eigenvalue weighted by Crippen LogP contribution is 2.41. The Morgan fingerprint density at radius 2 is 1.71 bits per heavy atom. The maximum atomic E-state index is 10.7. The Kier molecular flexibility index (Phi) is 5.97. The summed E-state index contributed by atoms with van der Waals surface area (Å²) in [6, 6.07) is 10.0. The molecule has 0 saturated heterocycles. The first-order valence-corrected chi connectivity index (χ1v) is 10.5. The summed E-state index contributed by atoms with van der Waals surface area (Å²) >= 11 is 0. The highest BCUT2D eigenvalue weighted by atomic mass is 28.4. The van der Waals surface area contributed by atoms with Gasteiger partial charge in [-0.3, -0.25) is 0 Å². The van der Waals surface area contributed by atoms with Gasteiger partial charge in [0.1, 0.15) is 0 Å². The van der Waals surface area contributed by atoms with Crippen molar-refractivity contribution in [2.24, 2.45) is 5.92 Å². The molecule has 3 heteroatoms. The molecule has 21 heavy (non-hydrogen) atoms. The van der Waals surface area contributed by atoms with Crippen LogP contribution in [0.15, 0.2) is 43.0 Å². The van der Waals surface area contributed by atoms with E-state index in [9.17, 15) is 5.11 Å². The number of aliphatic hydroxyl groups is 1. The topological polar surface area (TPSA) is 29.5 Å². The molecule has 0 aliphatic heterocycles. The Morgan fingerprint density at radius 1 is 1.19 bits per heavy atom. The summed E-state index contributed by atoms with van der Waals surface area (Å²) in [6.07, 6.45) is 0.898.